The van der Waals surface area contributed by atoms with E-state index in [-0.39, 0.29) is 0 Å². The topological polar surface area (TPSA) is 68.0 Å². The van der Waals surface area contributed by atoms with Crippen molar-refractivity contribution in [2.24, 2.45) is 5.73 Å². The zero-order chi connectivity index (χ0) is 12.1. The van der Waals surface area contributed by atoms with Crippen LogP contribution in [-0.2, 0) is 11.3 Å². The lowest BCUT2D eigenvalue weighted by Gasteiger charge is -2.04. The molecule has 1 amide bonds. The van der Waals surface area contributed by atoms with Gasteiger partial charge in [0, 0.05) is 24.0 Å². The van der Waals surface area contributed by atoms with E-state index < -0.39 is 0 Å². The molecule has 0 saturated heterocycles. The normalized spacial score (nSPS) is 9.94. The number of hydrogen-bond acceptors (Lipinski definition) is 3. The van der Waals surface area contributed by atoms with Gasteiger partial charge in [-0.15, -0.1) is 0 Å². The van der Waals surface area contributed by atoms with Gasteiger partial charge in [-0.2, -0.15) is 0 Å². The van der Waals surface area contributed by atoms with E-state index in [1.54, 1.807) is 12.3 Å². The first-order valence-electron chi connectivity index (χ1n) is 5.29. The van der Waals surface area contributed by atoms with Crippen molar-refractivity contribution in [1.82, 2.24) is 4.98 Å². The smallest absolute Gasteiger partial charge is 0.211 e. The predicted molar refractivity (Wildman–Crippen MR) is 67.3 cm³/mol. The highest BCUT2D eigenvalue weighted by molar-refractivity contribution is 5.74. The fourth-order valence-electron chi connectivity index (χ4n) is 1.56. The molecule has 0 atom stereocenters. The third-order valence-corrected chi connectivity index (χ3v) is 2.47. The fraction of sp³-hybridized carbons (Fsp3) is 0.0769. The number of carbonyl (C=O) groups excluding carboxylic acids is 1. The molecule has 2 aromatic rings. The average Bonchev–Trinajstić information content (AvgIpc) is 2.40. The molecule has 0 radical (unpaired) electrons. The van der Waals surface area contributed by atoms with Gasteiger partial charge in [-0.25, -0.2) is 0 Å². The fourth-order valence-corrected chi connectivity index (χ4v) is 1.56. The minimum Gasteiger partial charge on any atom is -0.329 e. The van der Waals surface area contributed by atoms with Gasteiger partial charge >= 0.3 is 0 Å². The molecule has 1 aromatic carbocycles. The van der Waals surface area contributed by atoms with Crippen molar-refractivity contribution in [3.05, 3.63) is 48.2 Å². The summed E-state index contributed by atoms with van der Waals surface area (Å²) in [7, 11) is 0. The summed E-state index contributed by atoms with van der Waals surface area (Å²) < 4.78 is 0. The first-order valence-corrected chi connectivity index (χ1v) is 5.29. The Morgan fingerprint density at radius 2 is 2.00 bits per heavy atom. The predicted octanol–water partition coefficient (Wildman–Crippen LogP) is 1.78. The van der Waals surface area contributed by atoms with Gasteiger partial charge in [0.25, 0.3) is 0 Å². The lowest BCUT2D eigenvalue weighted by Crippen LogP contribution is -1.96. The summed E-state index contributed by atoms with van der Waals surface area (Å²) >= 11 is 0. The molecule has 0 spiro atoms. The minimum atomic E-state index is 0.528. The van der Waals surface area contributed by atoms with Crippen molar-refractivity contribution in [3.8, 4) is 11.3 Å². The molecule has 1 heterocycles. The number of nitrogens with two attached hydrogens (primary N) is 1. The van der Waals surface area contributed by atoms with Gasteiger partial charge in [0.05, 0.1) is 5.69 Å². The molecule has 4 nitrogen and oxygen atoms in total. The van der Waals surface area contributed by atoms with E-state index in [1.807, 2.05) is 30.3 Å². The first kappa shape index (κ1) is 11.3. The van der Waals surface area contributed by atoms with Crippen LogP contribution in [0.5, 0.6) is 0 Å². The number of aromatic nitrogens is 1. The number of nitrogens with zero attached hydrogens (tertiary/aromatic N) is 1. The van der Waals surface area contributed by atoms with E-state index >= 15 is 0 Å². The van der Waals surface area contributed by atoms with E-state index in [2.05, 4.69) is 10.3 Å². The molecule has 3 N–H and O–H groups in total. The monoisotopic (exact) mass is 227 g/mol. The molecular formula is C13H13N3O. The zero-order valence-electron chi connectivity index (χ0n) is 9.26. The number of carbonyl (C=O) groups is 1. The number of nitrogens with one attached hydrogen (secondary N) is 1. The van der Waals surface area contributed by atoms with Crippen molar-refractivity contribution < 1.29 is 4.79 Å². The van der Waals surface area contributed by atoms with Gasteiger partial charge < -0.3 is 11.1 Å². The number of pyridine rings is 1. The Kier molecular flexibility index (Phi) is 3.47. The Bertz CT molecular complexity index is 508. The first-order chi connectivity index (χ1) is 8.33. The molecule has 2 rings (SSSR count). The molecule has 0 aliphatic rings. The van der Waals surface area contributed by atoms with Crippen LogP contribution < -0.4 is 11.1 Å². The van der Waals surface area contributed by atoms with Crippen LogP contribution in [0.2, 0.25) is 0 Å². The van der Waals surface area contributed by atoms with Gasteiger partial charge in [0.15, 0.2) is 0 Å². The number of rotatable bonds is 4. The summed E-state index contributed by atoms with van der Waals surface area (Å²) in [5.74, 6) is 0. The Labute approximate surface area is 99.5 Å². The van der Waals surface area contributed by atoms with Crippen LogP contribution in [0.3, 0.4) is 0 Å². The van der Waals surface area contributed by atoms with Crippen molar-refractivity contribution >= 4 is 12.1 Å². The standard InChI is InChI=1S/C13H13N3O/c14-8-10-1-3-11(4-2-10)13-7-12(16-9-17)5-6-15-13/h1-7,9H,8,14H2,(H,15,16,17). The van der Waals surface area contributed by atoms with Gasteiger partial charge in [0.1, 0.15) is 0 Å². The second-order valence-corrected chi connectivity index (χ2v) is 3.59. The largest absolute Gasteiger partial charge is 0.329 e. The highest BCUT2D eigenvalue weighted by Crippen LogP contribution is 2.20. The zero-order valence-corrected chi connectivity index (χ0v) is 9.26. The van der Waals surface area contributed by atoms with E-state index in [0.29, 0.717) is 13.0 Å². The number of anilines is 1. The molecule has 0 saturated carbocycles. The Hall–Kier alpha value is -2.20. The number of amides is 1. The summed E-state index contributed by atoms with van der Waals surface area (Å²) in [6.07, 6.45) is 2.31. The van der Waals surface area contributed by atoms with Crippen molar-refractivity contribution in [1.29, 1.82) is 0 Å². The molecule has 86 valence electrons. The molecule has 4 heteroatoms. The molecule has 1 aromatic heterocycles. The summed E-state index contributed by atoms with van der Waals surface area (Å²) in [5, 5.41) is 2.60. The molecule has 0 bridgehead atoms. The molecule has 0 fully saturated rings. The summed E-state index contributed by atoms with van der Waals surface area (Å²) in [6.45, 7) is 0.528. The summed E-state index contributed by atoms with van der Waals surface area (Å²) in [5.41, 5.74) is 9.16. The average molecular weight is 227 g/mol. The van der Waals surface area contributed by atoms with E-state index in [1.165, 1.54) is 0 Å². The second-order valence-electron chi connectivity index (χ2n) is 3.59. The minimum absolute atomic E-state index is 0.528. The Morgan fingerprint density at radius 1 is 1.24 bits per heavy atom. The Balaban J connectivity index is 2.31. The van der Waals surface area contributed by atoms with Crippen LogP contribution >= 0.6 is 0 Å². The van der Waals surface area contributed by atoms with Crippen molar-refractivity contribution in [3.63, 3.8) is 0 Å². The van der Waals surface area contributed by atoms with Crippen LogP contribution in [0.25, 0.3) is 11.3 Å². The Morgan fingerprint density at radius 3 is 2.65 bits per heavy atom. The third kappa shape index (κ3) is 2.68. The summed E-state index contributed by atoms with van der Waals surface area (Å²) in [4.78, 5) is 14.6. The van der Waals surface area contributed by atoms with Crippen LogP contribution in [0.4, 0.5) is 5.69 Å². The van der Waals surface area contributed by atoms with Gasteiger partial charge in [0.2, 0.25) is 6.41 Å². The maximum atomic E-state index is 10.4. The van der Waals surface area contributed by atoms with E-state index in [9.17, 15) is 4.79 Å². The number of benzene rings is 1. The molecule has 0 aliphatic heterocycles. The molecular weight excluding hydrogens is 214 g/mol. The number of hydrogen-bond donors (Lipinski definition) is 2. The lowest BCUT2D eigenvalue weighted by atomic mass is 10.1. The van der Waals surface area contributed by atoms with Crippen LogP contribution in [0.15, 0.2) is 42.6 Å². The maximum absolute atomic E-state index is 10.4. The van der Waals surface area contributed by atoms with Crippen molar-refractivity contribution in [2.75, 3.05) is 5.32 Å². The SMILES string of the molecule is NCc1ccc(-c2cc(NC=O)ccn2)cc1. The highest BCUT2D eigenvalue weighted by Gasteiger charge is 2.00. The maximum Gasteiger partial charge on any atom is 0.211 e. The second kappa shape index (κ2) is 5.23. The molecule has 0 unspecified atom stereocenters. The third-order valence-electron chi connectivity index (χ3n) is 2.47. The van der Waals surface area contributed by atoms with Crippen molar-refractivity contribution in [2.45, 2.75) is 6.54 Å². The lowest BCUT2D eigenvalue weighted by molar-refractivity contribution is -0.105. The van der Waals surface area contributed by atoms with Crippen LogP contribution in [0.1, 0.15) is 5.56 Å². The highest BCUT2D eigenvalue weighted by atomic mass is 16.1. The van der Waals surface area contributed by atoms with Crippen LogP contribution in [0, 0.1) is 0 Å². The van der Waals surface area contributed by atoms with Crippen LogP contribution in [-0.4, -0.2) is 11.4 Å². The molecule has 0 aliphatic carbocycles. The van der Waals surface area contributed by atoms with Gasteiger partial charge in [-0.3, -0.25) is 9.78 Å². The molecule has 17 heavy (non-hydrogen) atoms. The van der Waals surface area contributed by atoms with Gasteiger partial charge in [-0.1, -0.05) is 24.3 Å². The van der Waals surface area contributed by atoms with E-state index in [0.717, 1.165) is 22.5 Å². The van der Waals surface area contributed by atoms with E-state index in [4.69, 9.17) is 5.73 Å². The summed E-state index contributed by atoms with van der Waals surface area (Å²) in [6, 6.07) is 11.4. The van der Waals surface area contributed by atoms with Gasteiger partial charge in [-0.05, 0) is 17.7 Å². The quantitative estimate of drug-likeness (QED) is 0.782.